The average molecular weight is 189 g/mol. The van der Waals surface area contributed by atoms with Crippen LogP contribution < -0.4 is 0 Å². The Balaban J connectivity index is 2.32. The highest BCUT2D eigenvalue weighted by molar-refractivity contribution is 5.41. The van der Waals surface area contributed by atoms with Gasteiger partial charge in [-0.25, -0.2) is 4.39 Å². The largest absolute Gasteiger partial charge is 0.207 e. The number of benzene rings is 1. The van der Waals surface area contributed by atoms with Crippen LogP contribution in [0, 0.1) is 23.1 Å². The molecule has 2 unspecified atom stereocenters. The molecule has 1 aliphatic rings. The van der Waals surface area contributed by atoms with Gasteiger partial charge in [-0.3, -0.25) is 0 Å². The van der Waals surface area contributed by atoms with E-state index in [1.54, 1.807) is 12.1 Å². The molecular weight excluding hydrogens is 177 g/mol. The Morgan fingerprint density at radius 2 is 2.14 bits per heavy atom. The molecule has 0 amide bonds. The molecule has 0 aliphatic heterocycles. The van der Waals surface area contributed by atoms with Gasteiger partial charge in [0.15, 0.2) is 0 Å². The SMILES string of the molecule is CCC1CC1(C#N)c1ccc(F)cc1. The van der Waals surface area contributed by atoms with Crippen LogP contribution >= 0.6 is 0 Å². The van der Waals surface area contributed by atoms with Gasteiger partial charge in [-0.15, -0.1) is 0 Å². The van der Waals surface area contributed by atoms with Crippen molar-refractivity contribution in [2.45, 2.75) is 25.2 Å². The van der Waals surface area contributed by atoms with Crippen LogP contribution in [0.3, 0.4) is 0 Å². The van der Waals surface area contributed by atoms with Gasteiger partial charge in [0.1, 0.15) is 5.82 Å². The summed E-state index contributed by atoms with van der Waals surface area (Å²) in [5, 5.41) is 9.14. The van der Waals surface area contributed by atoms with Crippen molar-refractivity contribution in [2.75, 3.05) is 0 Å². The first-order valence-corrected chi connectivity index (χ1v) is 4.90. The van der Waals surface area contributed by atoms with Crippen LogP contribution in [0.2, 0.25) is 0 Å². The fourth-order valence-electron chi connectivity index (χ4n) is 2.12. The Labute approximate surface area is 83.2 Å². The van der Waals surface area contributed by atoms with Crippen LogP contribution in [0.25, 0.3) is 0 Å². The van der Waals surface area contributed by atoms with E-state index in [1.807, 2.05) is 0 Å². The van der Waals surface area contributed by atoms with Gasteiger partial charge in [0.25, 0.3) is 0 Å². The molecule has 0 N–H and O–H groups in total. The smallest absolute Gasteiger partial charge is 0.123 e. The van der Waals surface area contributed by atoms with E-state index in [4.69, 9.17) is 5.26 Å². The molecule has 2 heteroatoms. The summed E-state index contributed by atoms with van der Waals surface area (Å²) in [6.07, 6.45) is 1.94. The highest BCUT2D eigenvalue weighted by Crippen LogP contribution is 2.55. The lowest BCUT2D eigenvalue weighted by Gasteiger charge is -2.07. The van der Waals surface area contributed by atoms with Crippen molar-refractivity contribution in [3.05, 3.63) is 35.6 Å². The fourth-order valence-corrected chi connectivity index (χ4v) is 2.12. The molecule has 0 bridgehead atoms. The summed E-state index contributed by atoms with van der Waals surface area (Å²) in [5.74, 6) is 0.216. The quantitative estimate of drug-likeness (QED) is 0.701. The Morgan fingerprint density at radius 1 is 1.50 bits per heavy atom. The van der Waals surface area contributed by atoms with Crippen molar-refractivity contribution in [2.24, 2.45) is 5.92 Å². The van der Waals surface area contributed by atoms with E-state index in [9.17, 15) is 4.39 Å². The topological polar surface area (TPSA) is 23.8 Å². The lowest BCUT2D eigenvalue weighted by molar-refractivity contribution is 0.624. The zero-order chi connectivity index (χ0) is 10.2. The van der Waals surface area contributed by atoms with E-state index in [1.165, 1.54) is 12.1 Å². The van der Waals surface area contributed by atoms with E-state index < -0.39 is 0 Å². The number of rotatable bonds is 2. The number of halogens is 1. The predicted molar refractivity (Wildman–Crippen MR) is 52.1 cm³/mol. The molecule has 1 saturated carbocycles. The fraction of sp³-hybridized carbons (Fsp3) is 0.417. The maximum atomic E-state index is 12.7. The van der Waals surface area contributed by atoms with E-state index in [2.05, 4.69) is 13.0 Å². The van der Waals surface area contributed by atoms with Crippen molar-refractivity contribution < 1.29 is 4.39 Å². The molecule has 14 heavy (non-hydrogen) atoms. The van der Waals surface area contributed by atoms with Gasteiger partial charge in [0, 0.05) is 0 Å². The molecule has 1 aromatic rings. The summed E-state index contributed by atoms with van der Waals surface area (Å²) in [5.41, 5.74) is 0.649. The first kappa shape index (κ1) is 9.21. The molecule has 1 fully saturated rings. The van der Waals surface area contributed by atoms with Crippen molar-refractivity contribution in [3.8, 4) is 6.07 Å². The highest BCUT2D eigenvalue weighted by Gasteiger charge is 2.54. The molecule has 72 valence electrons. The second kappa shape index (κ2) is 3.09. The third-order valence-electron chi connectivity index (χ3n) is 3.16. The Morgan fingerprint density at radius 3 is 2.57 bits per heavy atom. The Kier molecular flexibility index (Phi) is 2.03. The van der Waals surface area contributed by atoms with Crippen LogP contribution in [0.5, 0.6) is 0 Å². The maximum Gasteiger partial charge on any atom is 0.123 e. The predicted octanol–water partition coefficient (Wildman–Crippen LogP) is 3.02. The summed E-state index contributed by atoms with van der Waals surface area (Å²) in [6, 6.07) is 8.69. The molecule has 0 aromatic heterocycles. The van der Waals surface area contributed by atoms with Crippen molar-refractivity contribution >= 4 is 0 Å². The maximum absolute atomic E-state index is 12.7. The summed E-state index contributed by atoms with van der Waals surface area (Å²) in [6.45, 7) is 2.09. The Bertz CT molecular complexity index is 376. The zero-order valence-corrected chi connectivity index (χ0v) is 8.13. The number of hydrogen-bond donors (Lipinski definition) is 0. The van der Waals surface area contributed by atoms with Crippen molar-refractivity contribution in [3.63, 3.8) is 0 Å². The van der Waals surface area contributed by atoms with Crippen molar-refractivity contribution in [1.29, 1.82) is 5.26 Å². The van der Waals surface area contributed by atoms with Gasteiger partial charge >= 0.3 is 0 Å². The summed E-state index contributed by atoms with van der Waals surface area (Å²) in [7, 11) is 0. The van der Waals surface area contributed by atoms with Gasteiger partial charge in [-0.05, 0) is 30.0 Å². The van der Waals surface area contributed by atoms with Gasteiger partial charge in [0.2, 0.25) is 0 Å². The summed E-state index contributed by atoms with van der Waals surface area (Å²) in [4.78, 5) is 0. The van der Waals surface area contributed by atoms with Crippen LogP contribution in [0.4, 0.5) is 4.39 Å². The molecule has 0 radical (unpaired) electrons. The lowest BCUT2D eigenvalue weighted by Crippen LogP contribution is -2.06. The molecule has 0 spiro atoms. The molecule has 1 aromatic carbocycles. The summed E-state index contributed by atoms with van der Waals surface area (Å²) < 4.78 is 12.7. The normalized spacial score (nSPS) is 29.6. The van der Waals surface area contributed by atoms with E-state index in [-0.39, 0.29) is 11.2 Å². The van der Waals surface area contributed by atoms with Crippen LogP contribution in [-0.2, 0) is 5.41 Å². The standard InChI is InChI=1S/C12H12FN/c1-2-9-7-12(9,8-14)10-3-5-11(13)6-4-10/h3-6,9H,2,7H2,1H3. The minimum absolute atomic E-state index is 0.240. The van der Waals surface area contributed by atoms with Gasteiger partial charge in [0.05, 0.1) is 11.5 Å². The second-order valence-electron chi connectivity index (χ2n) is 3.90. The van der Waals surface area contributed by atoms with Crippen LogP contribution in [-0.4, -0.2) is 0 Å². The van der Waals surface area contributed by atoms with E-state index in [0.717, 1.165) is 18.4 Å². The monoisotopic (exact) mass is 189 g/mol. The molecule has 2 atom stereocenters. The Hall–Kier alpha value is -1.36. The summed E-state index contributed by atoms with van der Waals surface area (Å²) >= 11 is 0. The first-order chi connectivity index (χ1) is 6.73. The molecule has 0 heterocycles. The minimum Gasteiger partial charge on any atom is -0.207 e. The lowest BCUT2D eigenvalue weighted by atomic mass is 9.94. The number of nitriles is 1. The van der Waals surface area contributed by atoms with Crippen LogP contribution in [0.1, 0.15) is 25.3 Å². The number of nitrogens with zero attached hydrogens (tertiary/aromatic N) is 1. The highest BCUT2D eigenvalue weighted by atomic mass is 19.1. The van der Waals surface area contributed by atoms with Gasteiger partial charge < -0.3 is 0 Å². The first-order valence-electron chi connectivity index (χ1n) is 4.90. The third-order valence-corrected chi connectivity index (χ3v) is 3.16. The molecule has 1 aliphatic carbocycles. The third kappa shape index (κ3) is 1.21. The van der Waals surface area contributed by atoms with Gasteiger partial charge in [-0.1, -0.05) is 25.5 Å². The van der Waals surface area contributed by atoms with Crippen molar-refractivity contribution in [1.82, 2.24) is 0 Å². The minimum atomic E-state index is -0.317. The van der Waals surface area contributed by atoms with E-state index in [0.29, 0.717) is 5.92 Å². The average Bonchev–Trinajstić information content (AvgIpc) is 2.94. The molecule has 2 rings (SSSR count). The van der Waals surface area contributed by atoms with Crippen LogP contribution in [0.15, 0.2) is 24.3 Å². The van der Waals surface area contributed by atoms with E-state index >= 15 is 0 Å². The number of hydrogen-bond acceptors (Lipinski definition) is 1. The zero-order valence-electron chi connectivity index (χ0n) is 8.13. The van der Waals surface area contributed by atoms with Gasteiger partial charge in [-0.2, -0.15) is 5.26 Å². The second-order valence-corrected chi connectivity index (χ2v) is 3.90. The molecule has 1 nitrogen and oxygen atoms in total. The molecule has 0 saturated heterocycles. The molecular formula is C12H12FN.